The van der Waals surface area contributed by atoms with Crippen LogP contribution in [0.5, 0.6) is 0 Å². The van der Waals surface area contributed by atoms with Gasteiger partial charge in [0, 0.05) is 9.84 Å². The molecule has 4 heteroatoms. The van der Waals surface area contributed by atoms with Crippen LogP contribution in [0, 0.1) is 5.92 Å². The SMILES string of the molecule is CCOC(=O)C(F)[C@H]1CCCC[C@H]1I. The molecule has 1 saturated carbocycles. The van der Waals surface area contributed by atoms with E-state index in [-0.39, 0.29) is 16.4 Å². The molecule has 1 rings (SSSR count). The number of alkyl halides is 2. The highest BCUT2D eigenvalue weighted by molar-refractivity contribution is 14.1. The van der Waals surface area contributed by atoms with Gasteiger partial charge < -0.3 is 4.74 Å². The third kappa shape index (κ3) is 3.07. The Labute approximate surface area is 97.7 Å². The van der Waals surface area contributed by atoms with Crippen LogP contribution in [0.25, 0.3) is 0 Å². The fourth-order valence-electron chi connectivity index (χ4n) is 1.84. The summed E-state index contributed by atoms with van der Waals surface area (Å²) in [5.41, 5.74) is 0. The molecule has 0 heterocycles. The normalized spacial score (nSPS) is 29.6. The van der Waals surface area contributed by atoms with Crippen LogP contribution in [0.2, 0.25) is 0 Å². The minimum absolute atomic E-state index is 0.136. The molecule has 1 unspecified atom stereocenters. The molecule has 1 aliphatic carbocycles. The predicted octanol–water partition coefficient (Wildman–Crippen LogP) is 2.88. The maximum Gasteiger partial charge on any atom is 0.341 e. The van der Waals surface area contributed by atoms with Gasteiger partial charge in [0.2, 0.25) is 6.17 Å². The lowest BCUT2D eigenvalue weighted by Crippen LogP contribution is -2.34. The number of halogens is 2. The second-order valence-electron chi connectivity index (χ2n) is 3.62. The highest BCUT2D eigenvalue weighted by Gasteiger charge is 2.35. The Kier molecular flexibility index (Phi) is 5.12. The third-order valence-corrected chi connectivity index (χ3v) is 4.17. The zero-order valence-electron chi connectivity index (χ0n) is 8.34. The zero-order chi connectivity index (χ0) is 10.6. The van der Waals surface area contributed by atoms with Gasteiger partial charge in [-0.25, -0.2) is 9.18 Å². The Morgan fingerprint density at radius 2 is 2.21 bits per heavy atom. The van der Waals surface area contributed by atoms with Crippen molar-refractivity contribution in [1.29, 1.82) is 0 Å². The van der Waals surface area contributed by atoms with E-state index in [1.54, 1.807) is 6.92 Å². The molecule has 0 spiro atoms. The van der Waals surface area contributed by atoms with Crippen molar-refractivity contribution >= 4 is 28.6 Å². The molecular formula is C10H16FIO2. The largest absolute Gasteiger partial charge is 0.464 e. The highest BCUT2D eigenvalue weighted by atomic mass is 127. The maximum atomic E-state index is 13.6. The second kappa shape index (κ2) is 5.88. The van der Waals surface area contributed by atoms with E-state index in [1.807, 2.05) is 0 Å². The molecule has 0 aromatic carbocycles. The van der Waals surface area contributed by atoms with Crippen LogP contribution in [0.1, 0.15) is 32.6 Å². The van der Waals surface area contributed by atoms with Crippen molar-refractivity contribution in [2.45, 2.75) is 42.7 Å². The molecule has 2 nitrogen and oxygen atoms in total. The van der Waals surface area contributed by atoms with Crippen molar-refractivity contribution in [3.8, 4) is 0 Å². The molecule has 1 fully saturated rings. The van der Waals surface area contributed by atoms with Crippen LogP contribution in [0.4, 0.5) is 4.39 Å². The first-order chi connectivity index (χ1) is 6.66. The molecule has 3 atom stereocenters. The summed E-state index contributed by atoms with van der Waals surface area (Å²) in [5, 5.41) is 0. The first-order valence-corrected chi connectivity index (χ1v) is 6.36. The fraction of sp³-hybridized carbons (Fsp3) is 0.900. The summed E-state index contributed by atoms with van der Waals surface area (Å²) in [6, 6.07) is 0. The smallest absolute Gasteiger partial charge is 0.341 e. The van der Waals surface area contributed by atoms with Gasteiger partial charge in [0.25, 0.3) is 0 Å². The molecule has 14 heavy (non-hydrogen) atoms. The zero-order valence-corrected chi connectivity index (χ0v) is 10.5. The van der Waals surface area contributed by atoms with Crippen molar-refractivity contribution in [1.82, 2.24) is 0 Å². The summed E-state index contributed by atoms with van der Waals surface area (Å²) in [5.74, 6) is -0.815. The lowest BCUT2D eigenvalue weighted by atomic mass is 9.86. The standard InChI is InChI=1S/C10H16FIO2/c1-2-14-10(13)9(11)7-5-3-4-6-8(7)12/h7-9H,2-6H2,1H3/t7-,8+,9?/m0/s1. The van der Waals surface area contributed by atoms with Crippen molar-refractivity contribution in [2.75, 3.05) is 6.61 Å². The number of ether oxygens (including phenoxy) is 1. The van der Waals surface area contributed by atoms with Gasteiger partial charge in [-0.15, -0.1) is 0 Å². The van der Waals surface area contributed by atoms with E-state index in [2.05, 4.69) is 27.3 Å². The molecular weight excluding hydrogens is 298 g/mol. The second-order valence-corrected chi connectivity index (χ2v) is 5.22. The molecule has 0 amide bonds. The van der Waals surface area contributed by atoms with Crippen molar-refractivity contribution < 1.29 is 13.9 Å². The topological polar surface area (TPSA) is 26.3 Å². The van der Waals surface area contributed by atoms with Gasteiger partial charge >= 0.3 is 5.97 Å². The lowest BCUT2D eigenvalue weighted by molar-refractivity contribution is -0.151. The molecule has 0 aromatic heterocycles. The first kappa shape index (κ1) is 12.2. The van der Waals surface area contributed by atoms with Crippen LogP contribution in [-0.2, 0) is 9.53 Å². The third-order valence-electron chi connectivity index (χ3n) is 2.62. The number of hydrogen-bond acceptors (Lipinski definition) is 2. The minimum Gasteiger partial charge on any atom is -0.464 e. The van der Waals surface area contributed by atoms with Crippen molar-refractivity contribution in [2.24, 2.45) is 5.92 Å². The Hall–Kier alpha value is 0.130. The molecule has 1 aliphatic rings. The van der Waals surface area contributed by atoms with Gasteiger partial charge in [-0.05, 0) is 19.8 Å². The summed E-state index contributed by atoms with van der Waals surface area (Å²) >= 11 is 2.25. The van der Waals surface area contributed by atoms with Crippen LogP contribution in [0.3, 0.4) is 0 Å². The summed E-state index contributed by atoms with van der Waals surface area (Å²) in [6.07, 6.45) is 2.60. The van der Waals surface area contributed by atoms with Gasteiger partial charge in [-0.2, -0.15) is 0 Å². The van der Waals surface area contributed by atoms with E-state index in [0.717, 1.165) is 25.7 Å². The average molecular weight is 314 g/mol. The van der Waals surface area contributed by atoms with E-state index in [4.69, 9.17) is 0 Å². The number of esters is 1. The minimum atomic E-state index is -1.42. The average Bonchev–Trinajstić information content (AvgIpc) is 2.18. The molecule has 0 N–H and O–H groups in total. The van der Waals surface area contributed by atoms with Gasteiger partial charge in [0.05, 0.1) is 6.61 Å². The Morgan fingerprint density at radius 3 is 2.79 bits per heavy atom. The van der Waals surface area contributed by atoms with E-state index in [1.165, 1.54) is 0 Å². The molecule has 0 radical (unpaired) electrons. The molecule has 0 saturated heterocycles. The molecule has 0 aliphatic heterocycles. The summed E-state index contributed by atoms with van der Waals surface area (Å²) in [4.78, 5) is 11.2. The van der Waals surface area contributed by atoms with Crippen molar-refractivity contribution in [3.05, 3.63) is 0 Å². The first-order valence-electron chi connectivity index (χ1n) is 5.11. The van der Waals surface area contributed by atoms with Crippen LogP contribution < -0.4 is 0 Å². The highest BCUT2D eigenvalue weighted by Crippen LogP contribution is 2.34. The number of hydrogen-bond donors (Lipinski definition) is 0. The van der Waals surface area contributed by atoms with Gasteiger partial charge in [-0.3, -0.25) is 0 Å². The summed E-state index contributed by atoms with van der Waals surface area (Å²) in [7, 11) is 0. The Balaban J connectivity index is 2.48. The molecule has 0 aromatic rings. The number of carbonyl (C=O) groups excluding carboxylic acids is 1. The van der Waals surface area contributed by atoms with Crippen LogP contribution >= 0.6 is 22.6 Å². The lowest BCUT2D eigenvalue weighted by Gasteiger charge is -2.28. The maximum absolute atomic E-state index is 13.6. The van der Waals surface area contributed by atoms with Gasteiger partial charge in [-0.1, -0.05) is 35.4 Å². The molecule has 0 bridgehead atoms. The van der Waals surface area contributed by atoms with Gasteiger partial charge in [0.1, 0.15) is 0 Å². The van der Waals surface area contributed by atoms with Crippen molar-refractivity contribution in [3.63, 3.8) is 0 Å². The van der Waals surface area contributed by atoms with E-state index < -0.39 is 12.1 Å². The van der Waals surface area contributed by atoms with Crippen LogP contribution in [-0.4, -0.2) is 22.7 Å². The number of carbonyl (C=O) groups is 1. The van der Waals surface area contributed by atoms with Gasteiger partial charge in [0.15, 0.2) is 0 Å². The van der Waals surface area contributed by atoms with E-state index in [9.17, 15) is 9.18 Å². The van der Waals surface area contributed by atoms with E-state index in [0.29, 0.717) is 0 Å². The number of rotatable bonds is 3. The molecule has 82 valence electrons. The Morgan fingerprint density at radius 1 is 1.57 bits per heavy atom. The monoisotopic (exact) mass is 314 g/mol. The Bertz CT molecular complexity index is 199. The fourth-order valence-corrected chi connectivity index (χ4v) is 3.01. The quantitative estimate of drug-likeness (QED) is 0.455. The van der Waals surface area contributed by atoms with Crippen LogP contribution in [0.15, 0.2) is 0 Å². The summed E-state index contributed by atoms with van der Waals surface area (Å²) < 4.78 is 18.6. The van der Waals surface area contributed by atoms with E-state index >= 15 is 0 Å². The predicted molar refractivity (Wildman–Crippen MR) is 61.3 cm³/mol. The summed E-state index contributed by atoms with van der Waals surface area (Å²) in [6.45, 7) is 1.96.